The van der Waals surface area contributed by atoms with Gasteiger partial charge in [0, 0.05) is 17.3 Å². The van der Waals surface area contributed by atoms with Crippen molar-refractivity contribution in [2.75, 3.05) is 5.32 Å². The standard InChI is InChI=1S/C21H15F3N4O/c1-13-11-18(27-28(13)16-8-3-7-15(12-16)21(22,23)24)20(29)26-17-9-2-5-14-6-4-10-25-19(14)17/h2-12H,1H3,(H,26,29). The molecule has 0 bridgehead atoms. The summed E-state index contributed by atoms with van der Waals surface area (Å²) < 4.78 is 40.3. The number of amides is 1. The fourth-order valence-corrected chi connectivity index (χ4v) is 3.05. The molecule has 0 aliphatic heterocycles. The van der Waals surface area contributed by atoms with E-state index < -0.39 is 17.6 Å². The van der Waals surface area contributed by atoms with E-state index in [0.29, 0.717) is 16.9 Å². The molecule has 29 heavy (non-hydrogen) atoms. The number of hydrogen-bond acceptors (Lipinski definition) is 3. The number of hydrogen-bond donors (Lipinski definition) is 1. The van der Waals surface area contributed by atoms with Gasteiger partial charge in [-0.1, -0.05) is 24.3 Å². The molecular formula is C21H15F3N4O. The van der Waals surface area contributed by atoms with E-state index in [-0.39, 0.29) is 11.4 Å². The van der Waals surface area contributed by atoms with Crippen LogP contribution in [0.3, 0.4) is 0 Å². The summed E-state index contributed by atoms with van der Waals surface area (Å²) in [4.78, 5) is 17.0. The number of para-hydroxylation sites is 1. The van der Waals surface area contributed by atoms with Crippen LogP contribution in [0.5, 0.6) is 0 Å². The van der Waals surface area contributed by atoms with Crippen molar-refractivity contribution in [3.63, 3.8) is 0 Å². The van der Waals surface area contributed by atoms with Gasteiger partial charge in [0.1, 0.15) is 0 Å². The molecule has 0 saturated heterocycles. The monoisotopic (exact) mass is 396 g/mol. The molecule has 0 radical (unpaired) electrons. The van der Waals surface area contributed by atoms with Crippen LogP contribution in [-0.2, 0) is 6.18 Å². The number of halogens is 3. The van der Waals surface area contributed by atoms with Gasteiger partial charge >= 0.3 is 6.18 Å². The largest absolute Gasteiger partial charge is 0.416 e. The van der Waals surface area contributed by atoms with Crippen molar-refractivity contribution < 1.29 is 18.0 Å². The van der Waals surface area contributed by atoms with Crippen LogP contribution < -0.4 is 5.32 Å². The Kier molecular flexibility index (Phi) is 4.54. The smallest absolute Gasteiger partial charge is 0.319 e. The molecular weight excluding hydrogens is 381 g/mol. The van der Waals surface area contributed by atoms with Crippen LogP contribution in [0.25, 0.3) is 16.6 Å². The van der Waals surface area contributed by atoms with E-state index in [1.807, 2.05) is 12.1 Å². The van der Waals surface area contributed by atoms with Crippen LogP contribution in [0.15, 0.2) is 66.9 Å². The SMILES string of the molecule is Cc1cc(C(=O)Nc2cccc3cccnc23)nn1-c1cccc(C(F)(F)F)c1. The van der Waals surface area contributed by atoms with E-state index in [1.54, 1.807) is 31.3 Å². The van der Waals surface area contributed by atoms with E-state index >= 15 is 0 Å². The molecule has 0 fully saturated rings. The Labute approximate surface area is 163 Å². The van der Waals surface area contributed by atoms with Crippen molar-refractivity contribution in [2.45, 2.75) is 13.1 Å². The molecule has 2 heterocycles. The second-order valence-electron chi connectivity index (χ2n) is 6.47. The van der Waals surface area contributed by atoms with Gasteiger partial charge in [-0.25, -0.2) is 4.68 Å². The highest BCUT2D eigenvalue weighted by Gasteiger charge is 2.30. The van der Waals surface area contributed by atoms with Crippen LogP contribution in [0, 0.1) is 6.92 Å². The Morgan fingerprint density at radius 1 is 1.03 bits per heavy atom. The number of aromatic nitrogens is 3. The summed E-state index contributed by atoms with van der Waals surface area (Å²) in [6, 6.07) is 15.4. The lowest BCUT2D eigenvalue weighted by Gasteiger charge is -2.10. The van der Waals surface area contributed by atoms with Crippen LogP contribution in [0.1, 0.15) is 21.7 Å². The quantitative estimate of drug-likeness (QED) is 0.530. The topological polar surface area (TPSA) is 59.8 Å². The summed E-state index contributed by atoms with van der Waals surface area (Å²) in [5.41, 5.74) is 1.23. The molecule has 5 nitrogen and oxygen atoms in total. The van der Waals surface area contributed by atoms with Crippen molar-refractivity contribution in [1.82, 2.24) is 14.8 Å². The normalized spacial score (nSPS) is 11.6. The second-order valence-corrected chi connectivity index (χ2v) is 6.47. The number of alkyl halides is 3. The summed E-state index contributed by atoms with van der Waals surface area (Å²) in [7, 11) is 0. The number of pyridine rings is 1. The Morgan fingerprint density at radius 3 is 2.59 bits per heavy atom. The lowest BCUT2D eigenvalue weighted by Crippen LogP contribution is -2.14. The number of carbonyl (C=O) groups is 1. The number of fused-ring (bicyclic) bond motifs is 1. The molecule has 8 heteroatoms. The number of anilines is 1. The molecule has 0 aliphatic rings. The Hall–Kier alpha value is -3.68. The fourth-order valence-electron chi connectivity index (χ4n) is 3.05. The highest BCUT2D eigenvalue weighted by molar-refractivity contribution is 6.07. The minimum atomic E-state index is -4.46. The number of aryl methyl sites for hydroxylation is 1. The molecule has 2 aromatic carbocycles. The van der Waals surface area contributed by atoms with Gasteiger partial charge in [0.15, 0.2) is 5.69 Å². The predicted molar refractivity (Wildman–Crippen MR) is 103 cm³/mol. The first kappa shape index (κ1) is 18.7. The summed E-state index contributed by atoms with van der Waals surface area (Å²) in [5.74, 6) is -0.475. The van der Waals surface area contributed by atoms with Crippen molar-refractivity contribution in [3.8, 4) is 5.69 Å². The third-order valence-corrected chi connectivity index (χ3v) is 4.42. The summed E-state index contributed by atoms with van der Waals surface area (Å²) in [6.07, 6.45) is -2.83. The average Bonchev–Trinajstić information content (AvgIpc) is 3.10. The summed E-state index contributed by atoms with van der Waals surface area (Å²) >= 11 is 0. The molecule has 0 atom stereocenters. The van der Waals surface area contributed by atoms with Gasteiger partial charge in [-0.15, -0.1) is 0 Å². The average molecular weight is 396 g/mol. The predicted octanol–water partition coefficient (Wildman–Crippen LogP) is 5.00. The Balaban J connectivity index is 1.65. The van der Waals surface area contributed by atoms with Gasteiger partial charge in [-0.05, 0) is 43.3 Å². The van der Waals surface area contributed by atoms with Gasteiger partial charge in [-0.2, -0.15) is 18.3 Å². The van der Waals surface area contributed by atoms with Gasteiger partial charge in [0.2, 0.25) is 0 Å². The van der Waals surface area contributed by atoms with E-state index in [0.717, 1.165) is 17.5 Å². The van der Waals surface area contributed by atoms with Crippen molar-refractivity contribution in [3.05, 3.63) is 83.8 Å². The van der Waals surface area contributed by atoms with E-state index in [4.69, 9.17) is 0 Å². The summed E-state index contributed by atoms with van der Waals surface area (Å²) in [6.45, 7) is 1.67. The van der Waals surface area contributed by atoms with E-state index in [2.05, 4.69) is 15.4 Å². The molecule has 0 aliphatic carbocycles. The van der Waals surface area contributed by atoms with Gasteiger partial charge in [-0.3, -0.25) is 9.78 Å². The molecule has 146 valence electrons. The molecule has 0 saturated carbocycles. The maximum absolute atomic E-state index is 13.0. The lowest BCUT2D eigenvalue weighted by molar-refractivity contribution is -0.137. The van der Waals surface area contributed by atoms with Crippen molar-refractivity contribution >= 4 is 22.5 Å². The highest BCUT2D eigenvalue weighted by Crippen LogP contribution is 2.30. The minimum absolute atomic E-state index is 0.0906. The number of benzene rings is 2. The fraction of sp³-hybridized carbons (Fsp3) is 0.0952. The molecule has 0 unspecified atom stereocenters. The van der Waals surface area contributed by atoms with E-state index in [1.165, 1.54) is 22.9 Å². The second kappa shape index (κ2) is 7.05. The number of nitrogens with zero attached hydrogens (tertiary/aromatic N) is 3. The zero-order chi connectivity index (χ0) is 20.6. The number of rotatable bonds is 3. The molecule has 2 aromatic heterocycles. The number of carbonyl (C=O) groups excluding carboxylic acids is 1. The maximum atomic E-state index is 13.0. The van der Waals surface area contributed by atoms with Gasteiger partial charge < -0.3 is 5.32 Å². The minimum Gasteiger partial charge on any atom is -0.319 e. The first-order valence-electron chi connectivity index (χ1n) is 8.72. The van der Waals surface area contributed by atoms with Crippen LogP contribution >= 0.6 is 0 Å². The summed E-state index contributed by atoms with van der Waals surface area (Å²) in [5, 5.41) is 7.84. The third kappa shape index (κ3) is 3.69. The lowest BCUT2D eigenvalue weighted by atomic mass is 10.2. The van der Waals surface area contributed by atoms with Crippen LogP contribution in [-0.4, -0.2) is 20.7 Å². The zero-order valence-electron chi connectivity index (χ0n) is 15.2. The van der Waals surface area contributed by atoms with Gasteiger partial charge in [0.05, 0.1) is 22.5 Å². The first-order chi connectivity index (χ1) is 13.8. The molecule has 4 rings (SSSR count). The highest BCUT2D eigenvalue weighted by atomic mass is 19.4. The maximum Gasteiger partial charge on any atom is 0.416 e. The Morgan fingerprint density at radius 2 is 1.79 bits per heavy atom. The zero-order valence-corrected chi connectivity index (χ0v) is 15.2. The Bertz CT molecular complexity index is 1210. The molecule has 4 aromatic rings. The first-order valence-corrected chi connectivity index (χ1v) is 8.72. The number of nitrogens with one attached hydrogen (secondary N) is 1. The van der Waals surface area contributed by atoms with Crippen molar-refractivity contribution in [1.29, 1.82) is 0 Å². The van der Waals surface area contributed by atoms with Crippen LogP contribution in [0.2, 0.25) is 0 Å². The molecule has 1 amide bonds. The van der Waals surface area contributed by atoms with E-state index in [9.17, 15) is 18.0 Å². The van der Waals surface area contributed by atoms with Crippen LogP contribution in [0.4, 0.5) is 18.9 Å². The molecule has 1 N–H and O–H groups in total. The van der Waals surface area contributed by atoms with Crippen molar-refractivity contribution in [2.24, 2.45) is 0 Å². The van der Waals surface area contributed by atoms with Gasteiger partial charge in [0.25, 0.3) is 5.91 Å². The molecule has 0 spiro atoms. The third-order valence-electron chi connectivity index (χ3n) is 4.42.